The van der Waals surface area contributed by atoms with Gasteiger partial charge in [0.15, 0.2) is 5.16 Å². The summed E-state index contributed by atoms with van der Waals surface area (Å²) < 4.78 is 1.15. The summed E-state index contributed by atoms with van der Waals surface area (Å²) in [5.41, 5.74) is 3.99. The summed E-state index contributed by atoms with van der Waals surface area (Å²) in [4.78, 5) is 27.9. The number of aromatic nitrogens is 3. The molecule has 2 aromatic heterocycles. The predicted molar refractivity (Wildman–Crippen MR) is 108 cm³/mol. The number of benzene rings is 1. The van der Waals surface area contributed by atoms with Gasteiger partial charge in [0.1, 0.15) is 5.01 Å². The van der Waals surface area contributed by atoms with Gasteiger partial charge < -0.3 is 4.90 Å². The zero-order valence-corrected chi connectivity index (χ0v) is 17.1. The van der Waals surface area contributed by atoms with E-state index in [-0.39, 0.29) is 5.91 Å². The quantitative estimate of drug-likeness (QED) is 0.473. The smallest absolute Gasteiger partial charge is 0.223 e. The Morgan fingerprint density at radius 1 is 1.15 bits per heavy atom. The van der Waals surface area contributed by atoms with E-state index < -0.39 is 0 Å². The second-order valence-corrected chi connectivity index (χ2v) is 8.07. The lowest BCUT2D eigenvalue weighted by Crippen LogP contribution is -2.26. The average Bonchev–Trinajstić information content (AvgIpc) is 3.02. The van der Waals surface area contributed by atoms with Gasteiger partial charge in [-0.05, 0) is 44.2 Å². The third-order valence-corrected chi connectivity index (χ3v) is 5.88. The first kappa shape index (κ1) is 18.8. The molecule has 0 atom stereocenters. The fourth-order valence-corrected chi connectivity index (χ4v) is 4.34. The number of aryl methyl sites for hydroxylation is 2. The first-order chi connectivity index (χ1) is 12.5. The van der Waals surface area contributed by atoms with Crippen LogP contribution in [0.15, 0.2) is 29.4 Å². The largest absolute Gasteiger partial charge is 0.339 e. The monoisotopic (exact) mass is 386 g/mol. The molecule has 0 saturated carbocycles. The van der Waals surface area contributed by atoms with Crippen LogP contribution in [0.5, 0.6) is 0 Å². The predicted octanol–water partition coefficient (Wildman–Crippen LogP) is 4.02. The topological polar surface area (TPSA) is 59.0 Å². The van der Waals surface area contributed by atoms with Crippen molar-refractivity contribution in [3.8, 4) is 0 Å². The number of hydrogen-bond donors (Lipinski definition) is 0. The Kier molecular flexibility index (Phi) is 5.88. The number of fused-ring (bicyclic) bond motifs is 1. The third-order valence-electron chi connectivity index (χ3n) is 4.31. The molecule has 2 heterocycles. The lowest BCUT2D eigenvalue weighted by Gasteiger charge is -2.16. The number of rotatable bonds is 6. The van der Waals surface area contributed by atoms with Crippen molar-refractivity contribution in [3.63, 3.8) is 0 Å². The second-order valence-electron chi connectivity index (χ2n) is 6.18. The molecule has 0 fully saturated rings. The van der Waals surface area contributed by atoms with Crippen LogP contribution in [0.4, 0.5) is 0 Å². The number of thioether (sulfide) groups is 1. The number of carbonyl (C=O) groups excluding carboxylic acids is 1. The fourth-order valence-electron chi connectivity index (χ4n) is 2.86. The van der Waals surface area contributed by atoms with Crippen LogP contribution in [0, 0.1) is 13.8 Å². The summed E-state index contributed by atoms with van der Waals surface area (Å²) in [5.74, 6) is 0.108. The molecule has 0 aliphatic heterocycles. The van der Waals surface area contributed by atoms with Crippen LogP contribution >= 0.6 is 23.1 Å². The van der Waals surface area contributed by atoms with E-state index in [4.69, 9.17) is 0 Å². The van der Waals surface area contributed by atoms with Crippen molar-refractivity contribution >= 4 is 39.2 Å². The summed E-state index contributed by atoms with van der Waals surface area (Å²) in [6.45, 7) is 4.51. The van der Waals surface area contributed by atoms with Gasteiger partial charge in [-0.1, -0.05) is 23.9 Å². The Hall–Kier alpha value is -1.99. The summed E-state index contributed by atoms with van der Waals surface area (Å²) in [7, 11) is 1.83. The van der Waals surface area contributed by atoms with Crippen molar-refractivity contribution in [3.05, 3.63) is 46.2 Å². The SMILES string of the molecule is CSc1nc(C)c(CCC(=O)N(C)Cc2nc3ccccc3s2)c(C)n1. The fraction of sp³-hybridized carbons (Fsp3) is 0.368. The minimum Gasteiger partial charge on any atom is -0.339 e. The molecule has 3 aromatic rings. The first-order valence-corrected chi connectivity index (χ1v) is 10.5. The van der Waals surface area contributed by atoms with Crippen LogP contribution in [-0.2, 0) is 17.8 Å². The van der Waals surface area contributed by atoms with E-state index in [2.05, 4.69) is 21.0 Å². The molecule has 0 N–H and O–H groups in total. The molecule has 0 bridgehead atoms. The lowest BCUT2D eigenvalue weighted by molar-refractivity contribution is -0.130. The molecule has 1 aromatic carbocycles. The molecule has 0 aliphatic carbocycles. The first-order valence-electron chi connectivity index (χ1n) is 8.44. The lowest BCUT2D eigenvalue weighted by atomic mass is 10.1. The van der Waals surface area contributed by atoms with E-state index in [0.29, 0.717) is 19.4 Å². The molecule has 0 saturated heterocycles. The van der Waals surface area contributed by atoms with Crippen LogP contribution in [0.3, 0.4) is 0 Å². The number of para-hydroxylation sites is 1. The maximum atomic E-state index is 12.5. The summed E-state index contributed by atoms with van der Waals surface area (Å²) >= 11 is 3.17. The normalized spacial score (nSPS) is 11.1. The molecule has 0 radical (unpaired) electrons. The minimum atomic E-state index is 0.108. The number of thiazole rings is 1. The zero-order valence-electron chi connectivity index (χ0n) is 15.4. The molecule has 0 spiro atoms. The standard InChI is InChI=1S/C19H22N4OS2/c1-12-14(13(2)21-19(20-12)25-4)9-10-18(24)23(3)11-17-22-15-7-5-6-8-16(15)26-17/h5-8H,9-11H2,1-4H3. The van der Waals surface area contributed by atoms with Crippen molar-refractivity contribution in [1.29, 1.82) is 0 Å². The molecule has 136 valence electrons. The van der Waals surface area contributed by atoms with Gasteiger partial charge in [-0.25, -0.2) is 15.0 Å². The molecular formula is C19H22N4OS2. The molecule has 0 aliphatic rings. The van der Waals surface area contributed by atoms with Crippen molar-refractivity contribution in [2.24, 2.45) is 0 Å². The Labute approximate surface area is 161 Å². The maximum Gasteiger partial charge on any atom is 0.223 e. The third kappa shape index (κ3) is 4.22. The van der Waals surface area contributed by atoms with Crippen LogP contribution in [0.1, 0.15) is 28.4 Å². The summed E-state index contributed by atoms with van der Waals surface area (Å²) in [6.07, 6.45) is 3.08. The highest BCUT2D eigenvalue weighted by molar-refractivity contribution is 7.98. The van der Waals surface area contributed by atoms with Gasteiger partial charge in [0, 0.05) is 24.9 Å². The number of carbonyl (C=O) groups is 1. The summed E-state index contributed by atoms with van der Waals surface area (Å²) in [6, 6.07) is 8.05. The zero-order chi connectivity index (χ0) is 18.7. The summed E-state index contributed by atoms with van der Waals surface area (Å²) in [5, 5.41) is 1.74. The molecular weight excluding hydrogens is 364 g/mol. The van der Waals surface area contributed by atoms with E-state index in [1.54, 1.807) is 16.2 Å². The molecule has 0 unspecified atom stereocenters. The minimum absolute atomic E-state index is 0.108. The van der Waals surface area contributed by atoms with Gasteiger partial charge in [0.25, 0.3) is 0 Å². The molecule has 5 nitrogen and oxygen atoms in total. The van der Waals surface area contributed by atoms with Gasteiger partial charge in [-0.3, -0.25) is 4.79 Å². The Balaban J connectivity index is 1.62. The Morgan fingerprint density at radius 2 is 1.85 bits per heavy atom. The van der Waals surface area contributed by atoms with Crippen molar-refractivity contribution in [2.75, 3.05) is 13.3 Å². The maximum absolute atomic E-state index is 12.5. The highest BCUT2D eigenvalue weighted by Crippen LogP contribution is 2.23. The van der Waals surface area contributed by atoms with Gasteiger partial charge in [-0.2, -0.15) is 0 Å². The molecule has 26 heavy (non-hydrogen) atoms. The van der Waals surface area contributed by atoms with Gasteiger partial charge >= 0.3 is 0 Å². The van der Waals surface area contributed by atoms with Crippen LogP contribution in [0.2, 0.25) is 0 Å². The van der Waals surface area contributed by atoms with Crippen LogP contribution in [-0.4, -0.2) is 39.1 Å². The van der Waals surface area contributed by atoms with Gasteiger partial charge in [0.2, 0.25) is 5.91 Å². The van der Waals surface area contributed by atoms with E-state index in [9.17, 15) is 4.79 Å². The number of amides is 1. The van der Waals surface area contributed by atoms with Crippen LogP contribution < -0.4 is 0 Å². The second kappa shape index (κ2) is 8.14. The van der Waals surface area contributed by atoms with Crippen molar-refractivity contribution in [2.45, 2.75) is 38.4 Å². The Morgan fingerprint density at radius 3 is 2.50 bits per heavy atom. The van der Waals surface area contributed by atoms with Gasteiger partial charge in [-0.15, -0.1) is 11.3 Å². The highest BCUT2D eigenvalue weighted by atomic mass is 32.2. The van der Waals surface area contributed by atoms with E-state index in [1.165, 1.54) is 11.8 Å². The highest BCUT2D eigenvalue weighted by Gasteiger charge is 2.15. The number of nitrogens with zero attached hydrogens (tertiary/aromatic N) is 4. The van der Waals surface area contributed by atoms with Crippen LogP contribution in [0.25, 0.3) is 10.2 Å². The van der Waals surface area contributed by atoms with Gasteiger partial charge in [0.05, 0.1) is 16.8 Å². The average molecular weight is 387 g/mol. The van der Waals surface area contributed by atoms with E-state index in [1.807, 2.05) is 45.4 Å². The van der Waals surface area contributed by atoms with E-state index >= 15 is 0 Å². The van der Waals surface area contributed by atoms with E-state index in [0.717, 1.165) is 37.3 Å². The molecule has 3 rings (SSSR count). The Bertz CT molecular complexity index is 882. The van der Waals surface area contributed by atoms with Crippen molar-refractivity contribution < 1.29 is 4.79 Å². The molecule has 7 heteroatoms. The molecule has 1 amide bonds. The van der Waals surface area contributed by atoms with Crippen molar-refractivity contribution in [1.82, 2.24) is 19.9 Å². The number of hydrogen-bond acceptors (Lipinski definition) is 6.